The maximum Gasteiger partial charge on any atom is 0.135 e. The van der Waals surface area contributed by atoms with Crippen molar-refractivity contribution in [1.29, 1.82) is 0 Å². The molecule has 20 heavy (non-hydrogen) atoms. The Bertz CT molecular complexity index is 591. The molecule has 2 aromatic rings. The molecule has 6 heteroatoms. The predicted octanol–water partition coefficient (Wildman–Crippen LogP) is 2.72. The van der Waals surface area contributed by atoms with Crippen molar-refractivity contribution in [2.45, 2.75) is 6.92 Å². The first-order chi connectivity index (χ1) is 9.60. The molecule has 5 nitrogen and oxygen atoms in total. The van der Waals surface area contributed by atoms with E-state index >= 15 is 0 Å². The number of hydrogen-bond donors (Lipinski definition) is 2. The van der Waals surface area contributed by atoms with Gasteiger partial charge in [-0.2, -0.15) is 0 Å². The molecule has 0 amide bonds. The third kappa shape index (κ3) is 3.68. The molecule has 1 heterocycles. The third-order valence-corrected chi connectivity index (χ3v) is 3.80. The van der Waals surface area contributed by atoms with E-state index in [4.69, 9.17) is 5.11 Å². The Morgan fingerprint density at radius 3 is 2.80 bits per heavy atom. The van der Waals surface area contributed by atoms with Crippen molar-refractivity contribution in [3.05, 3.63) is 40.6 Å². The van der Waals surface area contributed by atoms with Crippen molar-refractivity contribution in [2.24, 2.45) is 0 Å². The lowest BCUT2D eigenvalue weighted by molar-refractivity contribution is 0.304. The molecule has 0 aliphatic rings. The summed E-state index contributed by atoms with van der Waals surface area (Å²) >= 11 is 3.48. The number of nitrogens with one attached hydrogen (secondary N) is 1. The summed E-state index contributed by atoms with van der Waals surface area (Å²) < 4.78 is 1.08. The van der Waals surface area contributed by atoms with Gasteiger partial charge in [-0.25, -0.2) is 9.97 Å². The molecule has 0 fully saturated rings. The molecule has 0 saturated heterocycles. The van der Waals surface area contributed by atoms with E-state index in [1.807, 2.05) is 43.1 Å². The van der Waals surface area contributed by atoms with Gasteiger partial charge in [0, 0.05) is 29.8 Å². The summed E-state index contributed by atoms with van der Waals surface area (Å²) in [4.78, 5) is 10.3. The average molecular weight is 337 g/mol. The molecule has 2 rings (SSSR count). The van der Waals surface area contributed by atoms with Crippen LogP contribution < -0.4 is 10.2 Å². The number of anilines is 3. The van der Waals surface area contributed by atoms with Crippen molar-refractivity contribution >= 4 is 33.3 Å². The van der Waals surface area contributed by atoms with Gasteiger partial charge >= 0.3 is 0 Å². The zero-order valence-corrected chi connectivity index (χ0v) is 13.1. The number of rotatable bonds is 5. The van der Waals surface area contributed by atoms with Gasteiger partial charge in [0.15, 0.2) is 0 Å². The van der Waals surface area contributed by atoms with Crippen LogP contribution in [0.25, 0.3) is 0 Å². The highest BCUT2D eigenvalue weighted by Crippen LogP contribution is 2.23. The van der Waals surface area contributed by atoms with Gasteiger partial charge in [-0.3, -0.25) is 0 Å². The van der Waals surface area contributed by atoms with Gasteiger partial charge in [0.1, 0.15) is 18.0 Å². The number of benzene rings is 1. The number of hydrogen-bond acceptors (Lipinski definition) is 5. The molecule has 0 atom stereocenters. The Morgan fingerprint density at radius 1 is 1.30 bits per heavy atom. The first-order valence-electron chi connectivity index (χ1n) is 6.27. The van der Waals surface area contributed by atoms with Gasteiger partial charge in [-0.05, 0) is 30.7 Å². The predicted molar refractivity (Wildman–Crippen MR) is 84.5 cm³/mol. The molecule has 0 unspecified atom stereocenters. The van der Waals surface area contributed by atoms with Crippen LogP contribution in [-0.4, -0.2) is 35.3 Å². The van der Waals surface area contributed by atoms with Crippen LogP contribution in [0.5, 0.6) is 0 Å². The van der Waals surface area contributed by atoms with Crippen LogP contribution in [0.2, 0.25) is 0 Å². The number of nitrogens with zero attached hydrogens (tertiary/aromatic N) is 3. The largest absolute Gasteiger partial charge is 0.395 e. The standard InChI is InChI=1S/C14H17BrN4O/c1-10-7-11(3-4-12(10)15)18-13-8-14(17-9-16-13)19(2)5-6-20/h3-4,7-9,20H,5-6H2,1-2H3,(H,16,17,18). The van der Waals surface area contributed by atoms with Crippen molar-refractivity contribution in [3.8, 4) is 0 Å². The van der Waals surface area contributed by atoms with Crippen LogP contribution in [0.3, 0.4) is 0 Å². The van der Waals surface area contributed by atoms with E-state index < -0.39 is 0 Å². The Morgan fingerprint density at radius 2 is 2.10 bits per heavy atom. The van der Waals surface area contributed by atoms with Crippen LogP contribution in [0, 0.1) is 6.92 Å². The van der Waals surface area contributed by atoms with Crippen LogP contribution >= 0.6 is 15.9 Å². The SMILES string of the molecule is Cc1cc(Nc2cc(N(C)CCO)ncn2)ccc1Br. The Hall–Kier alpha value is -1.66. The van der Waals surface area contributed by atoms with Crippen molar-refractivity contribution in [3.63, 3.8) is 0 Å². The quantitative estimate of drug-likeness (QED) is 0.879. The minimum Gasteiger partial charge on any atom is -0.395 e. The van der Waals surface area contributed by atoms with Gasteiger partial charge in [0.05, 0.1) is 6.61 Å². The summed E-state index contributed by atoms with van der Waals surface area (Å²) in [5, 5.41) is 12.2. The first kappa shape index (κ1) is 14.7. The molecule has 0 bridgehead atoms. The monoisotopic (exact) mass is 336 g/mol. The van der Waals surface area contributed by atoms with E-state index in [1.165, 1.54) is 6.33 Å². The fourth-order valence-electron chi connectivity index (χ4n) is 1.76. The number of aliphatic hydroxyl groups excluding tert-OH is 1. The number of halogens is 1. The highest BCUT2D eigenvalue weighted by molar-refractivity contribution is 9.10. The van der Waals surface area contributed by atoms with Crippen LogP contribution in [0.4, 0.5) is 17.3 Å². The molecule has 0 aliphatic carbocycles. The highest BCUT2D eigenvalue weighted by Gasteiger charge is 2.05. The normalized spacial score (nSPS) is 10.4. The smallest absolute Gasteiger partial charge is 0.135 e. The lowest BCUT2D eigenvalue weighted by Crippen LogP contribution is -2.22. The van der Waals surface area contributed by atoms with Crippen molar-refractivity contribution in [2.75, 3.05) is 30.4 Å². The zero-order chi connectivity index (χ0) is 14.5. The molecule has 1 aromatic carbocycles. The molecule has 2 N–H and O–H groups in total. The second-order valence-corrected chi connectivity index (χ2v) is 5.35. The number of aryl methyl sites for hydroxylation is 1. The summed E-state index contributed by atoms with van der Waals surface area (Å²) in [6.07, 6.45) is 1.51. The lowest BCUT2D eigenvalue weighted by atomic mass is 10.2. The second-order valence-electron chi connectivity index (χ2n) is 4.50. The van der Waals surface area contributed by atoms with E-state index in [0.717, 1.165) is 27.4 Å². The Labute approximate surface area is 126 Å². The Kier molecular flexibility index (Phi) is 4.92. The van der Waals surface area contributed by atoms with E-state index in [9.17, 15) is 0 Å². The first-order valence-corrected chi connectivity index (χ1v) is 7.06. The van der Waals surface area contributed by atoms with Gasteiger partial charge in [-0.15, -0.1) is 0 Å². The average Bonchev–Trinajstić information content (AvgIpc) is 2.43. The van der Waals surface area contributed by atoms with Crippen LogP contribution in [-0.2, 0) is 0 Å². The highest BCUT2D eigenvalue weighted by atomic mass is 79.9. The van der Waals surface area contributed by atoms with Crippen LogP contribution in [0.15, 0.2) is 35.1 Å². The summed E-state index contributed by atoms with van der Waals surface area (Å²) in [7, 11) is 1.88. The minimum atomic E-state index is 0.0924. The third-order valence-electron chi connectivity index (χ3n) is 2.91. The maximum absolute atomic E-state index is 8.95. The van der Waals surface area contributed by atoms with Crippen molar-refractivity contribution < 1.29 is 5.11 Å². The molecule has 0 saturated carbocycles. The molecule has 0 spiro atoms. The molecule has 106 valence electrons. The van der Waals surface area contributed by atoms with Crippen molar-refractivity contribution in [1.82, 2.24) is 9.97 Å². The second kappa shape index (κ2) is 6.67. The number of aliphatic hydroxyl groups is 1. The summed E-state index contributed by atoms with van der Waals surface area (Å²) in [5.41, 5.74) is 2.13. The molecular formula is C14H17BrN4O. The van der Waals surface area contributed by atoms with Gasteiger partial charge < -0.3 is 15.3 Å². The minimum absolute atomic E-state index is 0.0924. The maximum atomic E-state index is 8.95. The van der Waals surface area contributed by atoms with Crippen LogP contribution in [0.1, 0.15) is 5.56 Å². The lowest BCUT2D eigenvalue weighted by Gasteiger charge is -2.17. The summed E-state index contributed by atoms with van der Waals surface area (Å²) in [6, 6.07) is 7.88. The summed E-state index contributed by atoms with van der Waals surface area (Å²) in [5.74, 6) is 1.49. The molecule has 1 aromatic heterocycles. The number of likely N-dealkylation sites (N-methyl/N-ethyl adjacent to an activating group) is 1. The van der Waals surface area contributed by atoms with Gasteiger partial charge in [-0.1, -0.05) is 15.9 Å². The Balaban J connectivity index is 2.16. The number of aromatic nitrogens is 2. The molecule has 0 radical (unpaired) electrons. The fraction of sp³-hybridized carbons (Fsp3) is 0.286. The van der Waals surface area contributed by atoms with Gasteiger partial charge in [0.2, 0.25) is 0 Å². The van der Waals surface area contributed by atoms with E-state index in [0.29, 0.717) is 6.54 Å². The zero-order valence-electron chi connectivity index (χ0n) is 11.5. The van der Waals surface area contributed by atoms with Gasteiger partial charge in [0.25, 0.3) is 0 Å². The topological polar surface area (TPSA) is 61.3 Å². The van der Waals surface area contributed by atoms with E-state index in [2.05, 4.69) is 31.2 Å². The molecular weight excluding hydrogens is 320 g/mol. The molecule has 0 aliphatic heterocycles. The van der Waals surface area contributed by atoms with E-state index in [1.54, 1.807) is 0 Å². The van der Waals surface area contributed by atoms with E-state index in [-0.39, 0.29) is 6.61 Å². The fourth-order valence-corrected chi connectivity index (χ4v) is 2.01. The summed E-state index contributed by atoms with van der Waals surface area (Å²) in [6.45, 7) is 2.67.